The van der Waals surface area contributed by atoms with Gasteiger partial charge in [-0.25, -0.2) is 9.97 Å². The zero-order valence-electron chi connectivity index (χ0n) is 30.1. The molecule has 0 atom stereocenters. The predicted octanol–water partition coefficient (Wildman–Crippen LogP) is 13.2. The normalized spacial score (nSPS) is 13.1. The summed E-state index contributed by atoms with van der Waals surface area (Å²) in [4.78, 5) is 10.3. The Labute approximate surface area is 313 Å². The van der Waals surface area contributed by atoms with E-state index in [0.29, 0.717) is 5.82 Å². The largest absolute Gasteiger partial charge is 0.309 e. The maximum atomic E-state index is 5.25. The van der Waals surface area contributed by atoms with Crippen LogP contribution in [0.2, 0.25) is 0 Å². The smallest absolute Gasteiger partial charge is 0.160 e. The lowest BCUT2D eigenvalue weighted by molar-refractivity contribution is 0.664. The molecule has 10 aromatic rings. The van der Waals surface area contributed by atoms with Crippen molar-refractivity contribution in [2.24, 2.45) is 0 Å². The Morgan fingerprint density at radius 3 is 1.98 bits per heavy atom. The molecule has 0 bridgehead atoms. The summed E-state index contributed by atoms with van der Waals surface area (Å²) in [5.41, 5.74) is 15.2. The minimum Gasteiger partial charge on any atom is -0.309 e. The standard InChI is InChI=1S/C51H35N3/c1-51(2)44-16-8-5-13-39(44)41-29-30-42-40-14-7-10-18-46(40)54(49(42)47(41)51)38-27-25-35(26-28-38)50-52-45-17-9-6-15-43(45)48(53-50)34-22-19-33(20-23-34)37-24-21-32-11-3-4-12-36(32)31-37/h3-31H,1-2H3. The van der Waals surface area contributed by atoms with Crippen molar-refractivity contribution in [2.75, 3.05) is 0 Å². The average Bonchev–Trinajstić information content (AvgIpc) is 3.69. The van der Waals surface area contributed by atoms with Crippen LogP contribution in [-0.2, 0) is 5.41 Å². The fourth-order valence-corrected chi connectivity index (χ4v) is 8.96. The van der Waals surface area contributed by atoms with Crippen LogP contribution in [0.4, 0.5) is 0 Å². The third-order valence-electron chi connectivity index (χ3n) is 11.6. The highest BCUT2D eigenvalue weighted by molar-refractivity contribution is 6.13. The highest BCUT2D eigenvalue weighted by Crippen LogP contribution is 2.53. The van der Waals surface area contributed by atoms with Gasteiger partial charge in [-0.2, -0.15) is 0 Å². The van der Waals surface area contributed by atoms with Gasteiger partial charge in [-0.3, -0.25) is 0 Å². The van der Waals surface area contributed by atoms with Crippen LogP contribution in [0.5, 0.6) is 0 Å². The predicted molar refractivity (Wildman–Crippen MR) is 225 cm³/mol. The SMILES string of the molecule is CC1(C)c2ccccc2-c2ccc3c4ccccc4n(-c4ccc(-c5nc(-c6ccc(-c7ccc8ccccc8c7)cc6)c6ccccc6n5)cc4)c3c21. The Bertz CT molecular complexity index is 3110. The molecule has 3 nitrogen and oxygen atoms in total. The minimum atomic E-state index is -0.138. The van der Waals surface area contributed by atoms with E-state index in [1.165, 1.54) is 66.0 Å². The molecule has 54 heavy (non-hydrogen) atoms. The Morgan fingerprint density at radius 2 is 1.13 bits per heavy atom. The van der Waals surface area contributed by atoms with Gasteiger partial charge in [0.1, 0.15) is 0 Å². The fraction of sp³-hybridized carbons (Fsp3) is 0.0588. The molecule has 0 fully saturated rings. The Morgan fingerprint density at radius 1 is 0.463 bits per heavy atom. The molecule has 0 unspecified atom stereocenters. The molecule has 254 valence electrons. The second-order valence-corrected chi connectivity index (χ2v) is 15.0. The second kappa shape index (κ2) is 11.6. The van der Waals surface area contributed by atoms with Gasteiger partial charge in [0.25, 0.3) is 0 Å². The van der Waals surface area contributed by atoms with E-state index in [1.54, 1.807) is 0 Å². The van der Waals surface area contributed by atoms with Crippen LogP contribution >= 0.6 is 0 Å². The lowest BCUT2D eigenvalue weighted by Crippen LogP contribution is -2.16. The van der Waals surface area contributed by atoms with Crippen molar-refractivity contribution in [3.05, 3.63) is 187 Å². The molecule has 0 saturated heterocycles. The maximum Gasteiger partial charge on any atom is 0.160 e. The maximum absolute atomic E-state index is 5.25. The molecule has 2 heterocycles. The van der Waals surface area contributed by atoms with Crippen LogP contribution in [0.15, 0.2) is 176 Å². The Balaban J connectivity index is 1.02. The third kappa shape index (κ3) is 4.55. The first-order valence-corrected chi connectivity index (χ1v) is 18.7. The van der Waals surface area contributed by atoms with Crippen LogP contribution in [0.3, 0.4) is 0 Å². The van der Waals surface area contributed by atoms with Gasteiger partial charge >= 0.3 is 0 Å². The molecule has 11 rings (SSSR count). The van der Waals surface area contributed by atoms with Crippen molar-refractivity contribution in [1.82, 2.24) is 14.5 Å². The van der Waals surface area contributed by atoms with Gasteiger partial charge in [-0.1, -0.05) is 147 Å². The van der Waals surface area contributed by atoms with Crippen molar-refractivity contribution in [1.29, 1.82) is 0 Å². The van der Waals surface area contributed by atoms with Crippen molar-refractivity contribution < 1.29 is 0 Å². The number of nitrogens with zero attached hydrogens (tertiary/aromatic N) is 3. The number of fused-ring (bicyclic) bond motifs is 9. The van der Waals surface area contributed by atoms with Crippen LogP contribution < -0.4 is 0 Å². The van der Waals surface area contributed by atoms with Crippen molar-refractivity contribution in [3.8, 4) is 50.6 Å². The summed E-state index contributed by atoms with van der Waals surface area (Å²) in [6.07, 6.45) is 0. The van der Waals surface area contributed by atoms with Gasteiger partial charge in [0.2, 0.25) is 0 Å². The fourth-order valence-electron chi connectivity index (χ4n) is 8.96. The topological polar surface area (TPSA) is 30.7 Å². The van der Waals surface area contributed by atoms with Crippen LogP contribution in [-0.4, -0.2) is 14.5 Å². The number of benzene rings is 8. The summed E-state index contributed by atoms with van der Waals surface area (Å²) < 4.78 is 2.46. The molecule has 0 saturated carbocycles. The number of hydrogen-bond donors (Lipinski definition) is 0. The summed E-state index contributed by atoms with van der Waals surface area (Å²) in [6, 6.07) is 63.4. The molecule has 0 aliphatic heterocycles. The first-order chi connectivity index (χ1) is 26.5. The monoisotopic (exact) mass is 689 g/mol. The van der Waals surface area contributed by atoms with E-state index >= 15 is 0 Å². The van der Waals surface area contributed by atoms with Crippen molar-refractivity contribution in [2.45, 2.75) is 19.3 Å². The zero-order chi connectivity index (χ0) is 36.0. The molecular weight excluding hydrogens is 655 g/mol. The zero-order valence-corrected chi connectivity index (χ0v) is 30.1. The number of para-hydroxylation sites is 2. The lowest BCUT2D eigenvalue weighted by Gasteiger charge is -2.23. The summed E-state index contributed by atoms with van der Waals surface area (Å²) >= 11 is 0. The molecule has 1 aliphatic rings. The summed E-state index contributed by atoms with van der Waals surface area (Å²) in [6.45, 7) is 4.74. The van der Waals surface area contributed by atoms with Gasteiger partial charge in [0, 0.05) is 38.4 Å². The number of rotatable bonds is 4. The summed E-state index contributed by atoms with van der Waals surface area (Å²) in [7, 11) is 0. The van der Waals surface area contributed by atoms with Crippen LogP contribution in [0, 0.1) is 0 Å². The van der Waals surface area contributed by atoms with E-state index in [1.807, 2.05) is 0 Å². The molecule has 0 amide bonds. The quantitative estimate of drug-likeness (QED) is 0.184. The van der Waals surface area contributed by atoms with E-state index in [0.717, 1.165) is 33.4 Å². The van der Waals surface area contributed by atoms with Crippen molar-refractivity contribution >= 4 is 43.5 Å². The highest BCUT2D eigenvalue weighted by Gasteiger charge is 2.38. The van der Waals surface area contributed by atoms with Crippen LogP contribution in [0.1, 0.15) is 25.0 Å². The van der Waals surface area contributed by atoms with Gasteiger partial charge in [0.15, 0.2) is 5.82 Å². The summed E-state index contributed by atoms with van der Waals surface area (Å²) in [5.74, 6) is 0.716. The molecule has 2 aromatic heterocycles. The Kier molecular flexibility index (Phi) is 6.60. The van der Waals surface area contributed by atoms with E-state index < -0.39 is 0 Å². The summed E-state index contributed by atoms with van der Waals surface area (Å²) in [5, 5.41) is 6.08. The molecule has 0 N–H and O–H groups in total. The molecule has 0 spiro atoms. The van der Waals surface area contributed by atoms with Gasteiger partial charge < -0.3 is 4.57 Å². The number of hydrogen-bond acceptors (Lipinski definition) is 2. The van der Waals surface area contributed by atoms with E-state index in [2.05, 4.69) is 194 Å². The Hall–Kier alpha value is -6.84. The third-order valence-corrected chi connectivity index (χ3v) is 11.6. The first kappa shape index (κ1) is 30.8. The molecule has 8 aromatic carbocycles. The highest BCUT2D eigenvalue weighted by atomic mass is 15.0. The molecule has 1 aliphatic carbocycles. The van der Waals surface area contributed by atoms with Crippen LogP contribution in [0.25, 0.3) is 94.1 Å². The first-order valence-electron chi connectivity index (χ1n) is 18.7. The van der Waals surface area contributed by atoms with Gasteiger partial charge in [-0.05, 0) is 86.6 Å². The van der Waals surface area contributed by atoms with E-state index in [4.69, 9.17) is 9.97 Å². The number of aromatic nitrogens is 3. The average molecular weight is 690 g/mol. The van der Waals surface area contributed by atoms with Crippen molar-refractivity contribution in [3.63, 3.8) is 0 Å². The lowest BCUT2D eigenvalue weighted by atomic mass is 9.81. The molecular formula is C51H35N3. The molecule has 0 radical (unpaired) electrons. The second-order valence-electron chi connectivity index (χ2n) is 15.0. The van der Waals surface area contributed by atoms with Gasteiger partial charge in [0.05, 0.1) is 22.2 Å². The minimum absolute atomic E-state index is 0.138. The van der Waals surface area contributed by atoms with E-state index in [-0.39, 0.29) is 5.41 Å². The van der Waals surface area contributed by atoms with Gasteiger partial charge in [-0.15, -0.1) is 0 Å². The van der Waals surface area contributed by atoms with E-state index in [9.17, 15) is 0 Å². The molecule has 3 heteroatoms.